The molecule has 4 nitrogen and oxygen atoms in total. The first-order valence-electron chi connectivity index (χ1n) is 8.14. The summed E-state index contributed by atoms with van der Waals surface area (Å²) in [6, 6.07) is 9.50. The molecule has 3 aromatic rings. The molecule has 0 radical (unpaired) electrons. The van der Waals surface area contributed by atoms with Crippen LogP contribution in [0, 0.1) is 17.2 Å². The number of benzene rings is 1. The van der Waals surface area contributed by atoms with Gasteiger partial charge in [-0.25, -0.2) is 4.98 Å². The summed E-state index contributed by atoms with van der Waals surface area (Å²) in [7, 11) is 0. The van der Waals surface area contributed by atoms with E-state index < -0.39 is 0 Å². The van der Waals surface area contributed by atoms with Crippen LogP contribution in [0.25, 0.3) is 10.2 Å². The molecule has 1 aromatic carbocycles. The minimum Gasteiger partial charge on any atom is -0.294 e. The van der Waals surface area contributed by atoms with E-state index in [2.05, 4.69) is 18.0 Å². The van der Waals surface area contributed by atoms with Crippen molar-refractivity contribution in [2.75, 3.05) is 0 Å². The lowest BCUT2D eigenvalue weighted by molar-refractivity contribution is 0.509. The summed E-state index contributed by atoms with van der Waals surface area (Å²) in [5.74, 6) is 0.682. The van der Waals surface area contributed by atoms with Gasteiger partial charge in [-0.05, 0) is 48.4 Å². The monoisotopic (exact) mass is 335 g/mol. The van der Waals surface area contributed by atoms with E-state index in [-0.39, 0.29) is 5.56 Å². The molecule has 0 saturated heterocycles. The summed E-state index contributed by atoms with van der Waals surface area (Å²) < 4.78 is 1.66. The van der Waals surface area contributed by atoms with Crippen LogP contribution in [-0.2, 0) is 19.4 Å². The highest BCUT2D eigenvalue weighted by atomic mass is 32.1. The highest BCUT2D eigenvalue weighted by Gasteiger charge is 2.23. The van der Waals surface area contributed by atoms with E-state index in [0.717, 1.165) is 35.0 Å². The first-order valence-corrected chi connectivity index (χ1v) is 8.96. The van der Waals surface area contributed by atoms with Gasteiger partial charge in [-0.1, -0.05) is 19.1 Å². The predicted octanol–water partition coefficient (Wildman–Crippen LogP) is 3.50. The third kappa shape index (κ3) is 2.53. The van der Waals surface area contributed by atoms with Crippen molar-refractivity contribution in [3.05, 3.63) is 62.5 Å². The van der Waals surface area contributed by atoms with Crippen LogP contribution in [0.3, 0.4) is 0 Å². The summed E-state index contributed by atoms with van der Waals surface area (Å²) >= 11 is 1.67. The Morgan fingerprint density at radius 2 is 2.33 bits per heavy atom. The van der Waals surface area contributed by atoms with Crippen molar-refractivity contribution in [1.29, 1.82) is 5.26 Å². The van der Waals surface area contributed by atoms with Crippen LogP contribution >= 0.6 is 11.3 Å². The lowest BCUT2D eigenvalue weighted by atomic mass is 9.89. The summed E-state index contributed by atoms with van der Waals surface area (Å²) in [6.45, 7) is 2.71. The standard InChI is InChI=1S/C19H17N3OS/c1-12-5-6-15-16(7-12)24-18-17(15)19(23)22(11-21-18)10-14-4-2-3-13(8-14)9-20/h2-4,8,11-12H,5-7,10H2,1H3. The Bertz CT molecular complexity index is 1030. The molecule has 0 amide bonds. The van der Waals surface area contributed by atoms with E-state index in [4.69, 9.17) is 5.26 Å². The van der Waals surface area contributed by atoms with Gasteiger partial charge in [0.15, 0.2) is 0 Å². The molecule has 0 N–H and O–H groups in total. The Kier molecular flexibility index (Phi) is 3.70. The minimum atomic E-state index is 0.0365. The van der Waals surface area contributed by atoms with Crippen molar-refractivity contribution in [1.82, 2.24) is 9.55 Å². The zero-order valence-electron chi connectivity index (χ0n) is 13.5. The largest absolute Gasteiger partial charge is 0.294 e. The number of fused-ring (bicyclic) bond motifs is 3. The molecular weight excluding hydrogens is 318 g/mol. The van der Waals surface area contributed by atoms with Gasteiger partial charge < -0.3 is 0 Å². The van der Waals surface area contributed by atoms with Gasteiger partial charge in [0.25, 0.3) is 5.56 Å². The highest BCUT2D eigenvalue weighted by Crippen LogP contribution is 2.35. The molecule has 0 bridgehead atoms. The van der Waals surface area contributed by atoms with Crippen LogP contribution in [0.5, 0.6) is 0 Å². The Balaban J connectivity index is 1.79. The Morgan fingerprint density at radius 3 is 3.17 bits per heavy atom. The molecule has 2 aromatic heterocycles. The fourth-order valence-corrected chi connectivity index (χ4v) is 4.76. The molecule has 120 valence electrons. The first-order chi connectivity index (χ1) is 11.7. The molecule has 0 saturated carbocycles. The van der Waals surface area contributed by atoms with Gasteiger partial charge in [0.1, 0.15) is 4.83 Å². The maximum atomic E-state index is 13.0. The fourth-order valence-electron chi connectivity index (χ4n) is 3.41. The molecule has 0 fully saturated rings. The lowest BCUT2D eigenvalue weighted by Crippen LogP contribution is -2.22. The van der Waals surface area contributed by atoms with Crippen molar-refractivity contribution in [3.8, 4) is 6.07 Å². The number of nitrogens with zero attached hydrogens (tertiary/aromatic N) is 3. The maximum Gasteiger partial charge on any atom is 0.262 e. The van der Waals surface area contributed by atoms with Gasteiger partial charge in [0.2, 0.25) is 0 Å². The van der Waals surface area contributed by atoms with Gasteiger partial charge >= 0.3 is 0 Å². The zero-order valence-corrected chi connectivity index (χ0v) is 14.3. The molecule has 1 unspecified atom stereocenters. The third-order valence-electron chi connectivity index (χ3n) is 4.69. The van der Waals surface area contributed by atoms with Crippen molar-refractivity contribution in [3.63, 3.8) is 0 Å². The number of aromatic nitrogens is 2. The zero-order chi connectivity index (χ0) is 16.7. The van der Waals surface area contributed by atoms with E-state index in [9.17, 15) is 4.79 Å². The number of thiophene rings is 1. The van der Waals surface area contributed by atoms with Crippen molar-refractivity contribution < 1.29 is 0 Å². The number of aryl methyl sites for hydroxylation is 1. The Hall–Kier alpha value is -2.45. The van der Waals surface area contributed by atoms with Crippen molar-refractivity contribution in [2.24, 2.45) is 5.92 Å². The second kappa shape index (κ2) is 5.88. The molecule has 5 heteroatoms. The summed E-state index contributed by atoms with van der Waals surface area (Å²) in [5.41, 5.74) is 2.80. The molecule has 1 aliphatic carbocycles. The molecule has 0 spiro atoms. The summed E-state index contributed by atoms with van der Waals surface area (Å²) in [4.78, 5) is 19.7. The molecule has 24 heavy (non-hydrogen) atoms. The van der Waals surface area contributed by atoms with Crippen LogP contribution < -0.4 is 5.56 Å². The maximum absolute atomic E-state index is 13.0. The van der Waals surface area contributed by atoms with Gasteiger partial charge in [-0.2, -0.15) is 5.26 Å². The Morgan fingerprint density at radius 1 is 1.46 bits per heavy atom. The number of hydrogen-bond acceptors (Lipinski definition) is 4. The molecule has 0 aliphatic heterocycles. The van der Waals surface area contributed by atoms with E-state index in [1.165, 1.54) is 10.4 Å². The van der Waals surface area contributed by atoms with E-state index in [1.807, 2.05) is 18.2 Å². The normalized spacial score (nSPS) is 16.8. The Labute approximate surface area is 144 Å². The second-order valence-corrected chi connectivity index (χ2v) is 7.61. The average Bonchev–Trinajstić information content (AvgIpc) is 2.95. The summed E-state index contributed by atoms with van der Waals surface area (Å²) in [6.07, 6.45) is 4.80. The van der Waals surface area contributed by atoms with Crippen LogP contribution in [0.2, 0.25) is 0 Å². The van der Waals surface area contributed by atoms with Crippen molar-refractivity contribution in [2.45, 2.75) is 32.7 Å². The lowest BCUT2D eigenvalue weighted by Gasteiger charge is -2.17. The SMILES string of the molecule is CC1CCc2c(sc3ncn(Cc4cccc(C#N)c4)c(=O)c23)C1. The molecule has 2 heterocycles. The van der Waals surface area contributed by atoms with Gasteiger partial charge in [-0.3, -0.25) is 9.36 Å². The van der Waals surface area contributed by atoms with Crippen molar-refractivity contribution >= 4 is 21.6 Å². The smallest absolute Gasteiger partial charge is 0.262 e. The third-order valence-corrected chi connectivity index (χ3v) is 5.85. The van der Waals surface area contributed by atoms with Crippen LogP contribution in [0.1, 0.15) is 34.9 Å². The molecule has 4 rings (SSSR count). The average molecular weight is 335 g/mol. The quantitative estimate of drug-likeness (QED) is 0.720. The van der Waals surface area contributed by atoms with Gasteiger partial charge in [-0.15, -0.1) is 11.3 Å². The molecule has 1 aliphatic rings. The molecule has 1 atom stereocenters. The van der Waals surface area contributed by atoms with Crippen LogP contribution in [0.15, 0.2) is 35.4 Å². The van der Waals surface area contributed by atoms with Gasteiger partial charge in [0.05, 0.1) is 29.9 Å². The first kappa shape index (κ1) is 15.1. The highest BCUT2D eigenvalue weighted by molar-refractivity contribution is 7.18. The fraction of sp³-hybridized carbons (Fsp3) is 0.316. The minimum absolute atomic E-state index is 0.0365. The van der Waals surface area contributed by atoms with Crippen LogP contribution in [-0.4, -0.2) is 9.55 Å². The molecular formula is C19H17N3OS. The number of nitriles is 1. The number of rotatable bonds is 2. The van der Waals surface area contributed by atoms with E-state index in [0.29, 0.717) is 18.0 Å². The van der Waals surface area contributed by atoms with Gasteiger partial charge in [0, 0.05) is 4.88 Å². The second-order valence-electron chi connectivity index (χ2n) is 6.52. The predicted molar refractivity (Wildman–Crippen MR) is 95.3 cm³/mol. The van der Waals surface area contributed by atoms with E-state index in [1.54, 1.807) is 28.3 Å². The van der Waals surface area contributed by atoms with Crippen LogP contribution in [0.4, 0.5) is 0 Å². The number of hydrogen-bond donors (Lipinski definition) is 0. The van der Waals surface area contributed by atoms with E-state index >= 15 is 0 Å². The topological polar surface area (TPSA) is 58.7 Å². The summed E-state index contributed by atoms with van der Waals surface area (Å²) in [5, 5.41) is 9.83.